The molecule has 2 rings (SSSR count). The van der Waals surface area contributed by atoms with Crippen LogP contribution < -0.4 is 5.32 Å². The molecule has 7 heteroatoms. The van der Waals surface area contributed by atoms with Crippen LogP contribution in [0, 0.1) is 0 Å². The summed E-state index contributed by atoms with van der Waals surface area (Å²) in [5.41, 5.74) is 0. The Morgan fingerprint density at radius 3 is 2.42 bits per heavy atom. The van der Waals surface area contributed by atoms with Crippen molar-refractivity contribution in [3.63, 3.8) is 0 Å². The molecule has 0 spiro atoms. The molecule has 6 nitrogen and oxygen atoms in total. The highest BCUT2D eigenvalue weighted by molar-refractivity contribution is 7.91. The van der Waals surface area contributed by atoms with Crippen LogP contribution in [0.5, 0.6) is 0 Å². The molecular weight excluding hydrogens is 268 g/mol. The van der Waals surface area contributed by atoms with Gasteiger partial charge in [0.25, 0.3) is 0 Å². The van der Waals surface area contributed by atoms with Gasteiger partial charge in [-0.1, -0.05) is 0 Å². The van der Waals surface area contributed by atoms with Crippen molar-refractivity contribution in [1.29, 1.82) is 0 Å². The fraction of sp³-hybridized carbons (Fsp3) is 0.917. The second-order valence-electron chi connectivity index (χ2n) is 5.25. The van der Waals surface area contributed by atoms with E-state index in [-0.39, 0.29) is 29.5 Å². The Kier molecular flexibility index (Phi) is 4.81. The lowest BCUT2D eigenvalue weighted by Crippen LogP contribution is -2.52. The molecule has 0 aromatic carbocycles. The first-order valence-electron chi connectivity index (χ1n) is 6.81. The Morgan fingerprint density at radius 1 is 1.26 bits per heavy atom. The van der Waals surface area contributed by atoms with Crippen LogP contribution in [0.3, 0.4) is 0 Å². The van der Waals surface area contributed by atoms with Gasteiger partial charge in [-0.15, -0.1) is 0 Å². The van der Waals surface area contributed by atoms with E-state index in [2.05, 4.69) is 5.32 Å². The van der Waals surface area contributed by atoms with E-state index < -0.39 is 9.84 Å². The first kappa shape index (κ1) is 14.7. The van der Waals surface area contributed by atoms with Crippen LogP contribution in [0.15, 0.2) is 0 Å². The van der Waals surface area contributed by atoms with Crippen molar-refractivity contribution in [1.82, 2.24) is 10.2 Å². The van der Waals surface area contributed by atoms with E-state index in [9.17, 15) is 13.2 Å². The quantitative estimate of drug-likeness (QED) is 0.751. The molecule has 0 aromatic heterocycles. The molecular formula is C12H22N2O4S. The molecule has 2 heterocycles. The number of ether oxygens (including phenoxy) is 1. The zero-order valence-corrected chi connectivity index (χ0v) is 12.1. The van der Waals surface area contributed by atoms with Gasteiger partial charge in [0.05, 0.1) is 30.8 Å². The number of morpholine rings is 1. The highest BCUT2D eigenvalue weighted by Gasteiger charge is 2.28. The zero-order chi connectivity index (χ0) is 13.9. The smallest absolute Gasteiger partial charge is 0.239 e. The van der Waals surface area contributed by atoms with Crippen LogP contribution in [0.2, 0.25) is 0 Å². The molecule has 0 bridgehead atoms. The lowest BCUT2D eigenvalue weighted by molar-refractivity contribution is -0.137. The molecule has 0 saturated carbocycles. The van der Waals surface area contributed by atoms with Crippen molar-refractivity contribution in [3.8, 4) is 0 Å². The molecule has 1 amide bonds. The summed E-state index contributed by atoms with van der Waals surface area (Å²) in [4.78, 5) is 14.0. The predicted octanol–water partition coefficient (Wildman–Crippen LogP) is -0.599. The summed E-state index contributed by atoms with van der Waals surface area (Å²) < 4.78 is 27.9. The second kappa shape index (κ2) is 6.19. The molecule has 1 unspecified atom stereocenters. The van der Waals surface area contributed by atoms with Gasteiger partial charge in [-0.3, -0.25) is 4.79 Å². The van der Waals surface area contributed by atoms with Crippen LogP contribution in [0.1, 0.15) is 19.8 Å². The minimum absolute atomic E-state index is 0.0803. The normalized spacial score (nSPS) is 26.1. The van der Waals surface area contributed by atoms with Gasteiger partial charge < -0.3 is 15.0 Å². The van der Waals surface area contributed by atoms with Crippen molar-refractivity contribution in [2.45, 2.75) is 31.8 Å². The third kappa shape index (κ3) is 4.15. The Balaban J connectivity index is 1.80. The first-order chi connectivity index (χ1) is 8.98. The maximum Gasteiger partial charge on any atom is 0.239 e. The van der Waals surface area contributed by atoms with E-state index in [0.717, 1.165) is 0 Å². The van der Waals surface area contributed by atoms with Gasteiger partial charge in [0.1, 0.15) is 9.84 Å². The van der Waals surface area contributed by atoms with Crippen molar-refractivity contribution < 1.29 is 17.9 Å². The van der Waals surface area contributed by atoms with Crippen molar-refractivity contribution in [2.24, 2.45) is 0 Å². The average Bonchev–Trinajstić information content (AvgIpc) is 2.41. The first-order valence-corrected chi connectivity index (χ1v) is 8.63. The molecule has 110 valence electrons. The largest absolute Gasteiger partial charge is 0.378 e. The molecule has 0 radical (unpaired) electrons. The maximum atomic E-state index is 12.2. The summed E-state index contributed by atoms with van der Waals surface area (Å²) in [5.74, 6) is 0.531. The Labute approximate surface area is 114 Å². The van der Waals surface area contributed by atoms with E-state index in [0.29, 0.717) is 39.1 Å². The SMILES string of the molecule is CC(NC1CCS(=O)(=O)CC1)C(=O)N1CCOCC1. The van der Waals surface area contributed by atoms with Crippen LogP contribution in [-0.2, 0) is 19.4 Å². The van der Waals surface area contributed by atoms with E-state index in [1.54, 1.807) is 4.90 Å². The van der Waals surface area contributed by atoms with E-state index >= 15 is 0 Å². The number of sulfone groups is 1. The topological polar surface area (TPSA) is 75.7 Å². The van der Waals surface area contributed by atoms with Crippen LogP contribution >= 0.6 is 0 Å². The molecule has 2 saturated heterocycles. The van der Waals surface area contributed by atoms with Crippen molar-refractivity contribution in [2.75, 3.05) is 37.8 Å². The van der Waals surface area contributed by atoms with Gasteiger partial charge in [-0.25, -0.2) is 8.42 Å². The van der Waals surface area contributed by atoms with Crippen LogP contribution in [-0.4, -0.2) is 69.1 Å². The Bertz CT molecular complexity index is 403. The van der Waals surface area contributed by atoms with Gasteiger partial charge in [-0.2, -0.15) is 0 Å². The summed E-state index contributed by atoms with van der Waals surface area (Å²) in [7, 11) is -2.84. The van der Waals surface area contributed by atoms with Gasteiger partial charge in [0, 0.05) is 19.1 Å². The third-order valence-corrected chi connectivity index (χ3v) is 5.45. The lowest BCUT2D eigenvalue weighted by atomic mass is 10.1. The monoisotopic (exact) mass is 290 g/mol. The summed E-state index contributed by atoms with van der Waals surface area (Å²) in [5, 5.41) is 3.26. The maximum absolute atomic E-state index is 12.2. The number of nitrogens with zero attached hydrogens (tertiary/aromatic N) is 1. The zero-order valence-electron chi connectivity index (χ0n) is 11.3. The lowest BCUT2D eigenvalue weighted by Gasteiger charge is -2.32. The highest BCUT2D eigenvalue weighted by atomic mass is 32.2. The standard InChI is InChI=1S/C12H22N2O4S/c1-10(12(15)14-4-6-18-7-5-14)13-11-2-8-19(16,17)9-3-11/h10-11,13H,2-9H2,1H3. The third-order valence-electron chi connectivity index (χ3n) is 3.73. The Hall–Kier alpha value is -0.660. The number of carbonyl (C=O) groups excluding carboxylic acids is 1. The average molecular weight is 290 g/mol. The number of nitrogens with one attached hydrogen (secondary N) is 1. The van der Waals surface area contributed by atoms with Crippen molar-refractivity contribution in [3.05, 3.63) is 0 Å². The molecule has 0 aromatic rings. The molecule has 19 heavy (non-hydrogen) atoms. The number of hydrogen-bond donors (Lipinski definition) is 1. The summed E-state index contributed by atoms with van der Waals surface area (Å²) in [6.45, 7) is 4.33. The fourth-order valence-corrected chi connectivity index (χ4v) is 4.03. The predicted molar refractivity (Wildman–Crippen MR) is 71.7 cm³/mol. The summed E-state index contributed by atoms with van der Waals surface area (Å²) in [6.07, 6.45) is 1.20. The van der Waals surface area contributed by atoms with Crippen LogP contribution in [0.25, 0.3) is 0 Å². The highest BCUT2D eigenvalue weighted by Crippen LogP contribution is 2.13. The molecule has 0 aliphatic carbocycles. The summed E-state index contributed by atoms with van der Waals surface area (Å²) >= 11 is 0. The van der Waals surface area contributed by atoms with Crippen molar-refractivity contribution >= 4 is 15.7 Å². The minimum atomic E-state index is -2.84. The summed E-state index contributed by atoms with van der Waals surface area (Å²) in [6, 6.07) is -0.132. The molecule has 2 aliphatic heterocycles. The van der Waals surface area contributed by atoms with E-state index in [4.69, 9.17) is 4.74 Å². The van der Waals surface area contributed by atoms with Crippen LogP contribution in [0.4, 0.5) is 0 Å². The van der Waals surface area contributed by atoms with Gasteiger partial charge in [0.15, 0.2) is 0 Å². The van der Waals surface area contributed by atoms with Gasteiger partial charge in [0.2, 0.25) is 5.91 Å². The second-order valence-corrected chi connectivity index (χ2v) is 7.56. The van der Waals surface area contributed by atoms with E-state index in [1.165, 1.54) is 0 Å². The molecule has 2 aliphatic rings. The molecule has 1 atom stereocenters. The molecule has 2 fully saturated rings. The number of hydrogen-bond acceptors (Lipinski definition) is 5. The number of carbonyl (C=O) groups is 1. The van der Waals surface area contributed by atoms with Gasteiger partial charge >= 0.3 is 0 Å². The Morgan fingerprint density at radius 2 is 1.84 bits per heavy atom. The number of rotatable bonds is 3. The number of amides is 1. The van der Waals surface area contributed by atoms with Gasteiger partial charge in [-0.05, 0) is 19.8 Å². The fourth-order valence-electron chi connectivity index (χ4n) is 2.54. The van der Waals surface area contributed by atoms with E-state index in [1.807, 2.05) is 6.92 Å². The minimum Gasteiger partial charge on any atom is -0.378 e. The molecule has 1 N–H and O–H groups in total.